The average molecular weight is 467 g/mol. The molecule has 1 aliphatic rings. The fraction of sp³-hybridized carbons (Fsp3) is 0.481. The van der Waals surface area contributed by atoms with Gasteiger partial charge in [0.1, 0.15) is 11.5 Å². The molecule has 3 heterocycles. The third-order valence-electron chi connectivity index (χ3n) is 6.55. The Labute approximate surface area is 200 Å². The molecule has 4 rings (SSSR count). The van der Waals surface area contributed by atoms with E-state index >= 15 is 0 Å². The lowest BCUT2D eigenvalue weighted by atomic mass is 9.83. The summed E-state index contributed by atoms with van der Waals surface area (Å²) in [7, 11) is 3.31. The molecule has 33 heavy (non-hydrogen) atoms. The SMILES string of the molecule is CCC(CCC(C)(C)C)C(=O)c1nc(-c2ccsc2)n2c1CCc1cc(OC)c(OC)cc1-2. The number of aromatic nitrogens is 2. The van der Waals surface area contributed by atoms with Crippen LogP contribution in [0.5, 0.6) is 11.5 Å². The fourth-order valence-electron chi connectivity index (χ4n) is 4.62. The van der Waals surface area contributed by atoms with E-state index in [4.69, 9.17) is 14.5 Å². The number of carbonyl (C=O) groups is 1. The first kappa shape index (κ1) is 23.6. The van der Waals surface area contributed by atoms with E-state index in [1.54, 1.807) is 25.6 Å². The van der Waals surface area contributed by atoms with Crippen molar-refractivity contribution in [3.05, 3.63) is 45.9 Å². The lowest BCUT2D eigenvalue weighted by Crippen LogP contribution is -2.21. The van der Waals surface area contributed by atoms with E-state index in [0.29, 0.717) is 11.4 Å². The summed E-state index contributed by atoms with van der Waals surface area (Å²) >= 11 is 1.64. The number of hydrogen-bond donors (Lipinski definition) is 0. The van der Waals surface area contributed by atoms with Crippen LogP contribution in [0.15, 0.2) is 29.0 Å². The Morgan fingerprint density at radius 3 is 2.52 bits per heavy atom. The van der Waals surface area contributed by atoms with Crippen molar-refractivity contribution in [2.45, 2.75) is 59.8 Å². The van der Waals surface area contributed by atoms with Gasteiger partial charge in [0.2, 0.25) is 0 Å². The Kier molecular flexibility index (Phi) is 6.66. The summed E-state index contributed by atoms with van der Waals surface area (Å²) in [5, 5.41) is 4.14. The minimum atomic E-state index is -0.00838. The minimum absolute atomic E-state index is 0.00838. The van der Waals surface area contributed by atoms with Crippen LogP contribution in [0, 0.1) is 11.3 Å². The van der Waals surface area contributed by atoms with Crippen LogP contribution in [0.25, 0.3) is 17.1 Å². The molecule has 6 heteroatoms. The number of nitrogens with zero attached hydrogens (tertiary/aromatic N) is 2. The van der Waals surface area contributed by atoms with Gasteiger partial charge in [-0.25, -0.2) is 4.98 Å². The molecule has 3 aromatic rings. The van der Waals surface area contributed by atoms with Gasteiger partial charge in [-0.3, -0.25) is 9.36 Å². The van der Waals surface area contributed by atoms with Crippen LogP contribution in [-0.2, 0) is 12.8 Å². The Morgan fingerprint density at radius 1 is 1.18 bits per heavy atom. The van der Waals surface area contributed by atoms with E-state index in [1.165, 1.54) is 5.56 Å². The van der Waals surface area contributed by atoms with E-state index in [2.05, 4.69) is 49.1 Å². The van der Waals surface area contributed by atoms with Crippen LogP contribution >= 0.6 is 11.3 Å². The van der Waals surface area contributed by atoms with Crippen LogP contribution in [0.2, 0.25) is 0 Å². The monoisotopic (exact) mass is 466 g/mol. The molecular formula is C27H34N2O3S. The zero-order chi connectivity index (χ0) is 23.8. The van der Waals surface area contributed by atoms with Gasteiger partial charge in [0.25, 0.3) is 0 Å². The maximum atomic E-state index is 13.8. The summed E-state index contributed by atoms with van der Waals surface area (Å²) in [6.45, 7) is 8.81. The predicted molar refractivity (Wildman–Crippen MR) is 134 cm³/mol. The third-order valence-corrected chi connectivity index (χ3v) is 7.23. The summed E-state index contributed by atoms with van der Waals surface area (Å²) in [5.74, 6) is 2.40. The number of benzene rings is 1. The molecule has 0 amide bonds. The molecule has 5 nitrogen and oxygen atoms in total. The van der Waals surface area contributed by atoms with E-state index in [0.717, 1.165) is 60.6 Å². The molecule has 0 aliphatic carbocycles. The van der Waals surface area contributed by atoms with Crippen molar-refractivity contribution in [2.24, 2.45) is 11.3 Å². The van der Waals surface area contributed by atoms with Crippen molar-refractivity contribution in [3.63, 3.8) is 0 Å². The topological polar surface area (TPSA) is 53.4 Å². The van der Waals surface area contributed by atoms with Gasteiger partial charge >= 0.3 is 0 Å². The maximum absolute atomic E-state index is 13.8. The highest BCUT2D eigenvalue weighted by molar-refractivity contribution is 7.08. The number of ether oxygens (including phenoxy) is 2. The number of carbonyl (C=O) groups excluding carboxylic acids is 1. The van der Waals surface area contributed by atoms with Gasteiger partial charge in [-0.05, 0) is 60.6 Å². The first-order valence-electron chi connectivity index (χ1n) is 11.7. The molecule has 1 aliphatic heterocycles. The molecule has 0 bridgehead atoms. The number of imidazole rings is 1. The fourth-order valence-corrected chi connectivity index (χ4v) is 5.25. The highest BCUT2D eigenvalue weighted by Gasteiger charge is 2.32. The minimum Gasteiger partial charge on any atom is -0.493 e. The summed E-state index contributed by atoms with van der Waals surface area (Å²) < 4.78 is 13.3. The molecular weight excluding hydrogens is 432 g/mol. The number of hydrogen-bond acceptors (Lipinski definition) is 5. The zero-order valence-electron chi connectivity index (χ0n) is 20.5. The van der Waals surface area contributed by atoms with E-state index in [-0.39, 0.29) is 17.1 Å². The first-order valence-corrected chi connectivity index (χ1v) is 12.6. The van der Waals surface area contributed by atoms with Crippen LogP contribution in [0.4, 0.5) is 0 Å². The molecule has 1 unspecified atom stereocenters. The Morgan fingerprint density at radius 2 is 1.91 bits per heavy atom. The van der Waals surface area contributed by atoms with Crippen molar-refractivity contribution < 1.29 is 14.3 Å². The summed E-state index contributed by atoms with van der Waals surface area (Å²) in [6.07, 6.45) is 4.35. The maximum Gasteiger partial charge on any atom is 0.186 e. The molecule has 0 saturated heterocycles. The largest absolute Gasteiger partial charge is 0.493 e. The Balaban J connectivity index is 1.84. The predicted octanol–water partition coefficient (Wildman–Crippen LogP) is 6.75. The molecule has 2 aromatic heterocycles. The number of rotatable bonds is 8. The second kappa shape index (κ2) is 9.34. The smallest absolute Gasteiger partial charge is 0.186 e. The second-order valence-corrected chi connectivity index (χ2v) is 10.8. The van der Waals surface area contributed by atoms with Crippen LogP contribution in [-0.4, -0.2) is 29.6 Å². The van der Waals surface area contributed by atoms with Crippen molar-refractivity contribution in [3.8, 4) is 28.6 Å². The van der Waals surface area contributed by atoms with Crippen LogP contribution in [0.3, 0.4) is 0 Å². The quantitative estimate of drug-likeness (QED) is 0.345. The molecule has 0 radical (unpaired) electrons. The van der Waals surface area contributed by atoms with Crippen LogP contribution < -0.4 is 9.47 Å². The second-order valence-electron chi connectivity index (χ2n) is 9.98. The van der Waals surface area contributed by atoms with E-state index in [1.807, 2.05) is 12.1 Å². The average Bonchev–Trinajstić information content (AvgIpc) is 3.45. The number of aryl methyl sites for hydroxylation is 1. The first-order chi connectivity index (χ1) is 15.8. The molecule has 0 N–H and O–H groups in total. The van der Waals surface area contributed by atoms with Crippen molar-refractivity contribution >= 4 is 17.1 Å². The summed E-state index contributed by atoms with van der Waals surface area (Å²) in [5.41, 5.74) is 5.08. The van der Waals surface area contributed by atoms with Crippen molar-refractivity contribution in [1.82, 2.24) is 9.55 Å². The van der Waals surface area contributed by atoms with Gasteiger partial charge in [0.05, 0.1) is 25.6 Å². The molecule has 176 valence electrons. The molecule has 1 aromatic carbocycles. The highest BCUT2D eigenvalue weighted by Crippen LogP contribution is 2.40. The van der Waals surface area contributed by atoms with E-state index < -0.39 is 0 Å². The third kappa shape index (κ3) is 4.58. The molecule has 0 fully saturated rings. The van der Waals surface area contributed by atoms with Gasteiger partial charge < -0.3 is 9.47 Å². The number of thiophene rings is 1. The molecule has 0 saturated carbocycles. The Bertz CT molecular complexity index is 1140. The number of fused-ring (bicyclic) bond motifs is 3. The number of ketones is 1. The van der Waals surface area contributed by atoms with Gasteiger partial charge in [0.15, 0.2) is 17.3 Å². The van der Waals surface area contributed by atoms with Crippen molar-refractivity contribution in [2.75, 3.05) is 14.2 Å². The summed E-state index contributed by atoms with van der Waals surface area (Å²) in [4.78, 5) is 18.8. The van der Waals surface area contributed by atoms with Gasteiger partial charge in [-0.1, -0.05) is 27.7 Å². The van der Waals surface area contributed by atoms with Gasteiger partial charge in [-0.2, -0.15) is 11.3 Å². The lowest BCUT2D eigenvalue weighted by molar-refractivity contribution is 0.0894. The summed E-state index contributed by atoms with van der Waals surface area (Å²) in [6, 6.07) is 6.13. The molecule has 0 spiro atoms. The standard InChI is InChI=1S/C27H34N2O3S/c1-7-17(10-12-27(2,3)4)25(30)24-20-9-8-18-14-22(31-5)23(32-6)15-21(18)29(20)26(28-24)19-11-13-33-16-19/h11,13-17H,7-10,12H2,1-6H3. The van der Waals surface area contributed by atoms with E-state index in [9.17, 15) is 4.79 Å². The highest BCUT2D eigenvalue weighted by atomic mass is 32.1. The molecule has 1 atom stereocenters. The number of Topliss-reactive ketones (excluding diaryl/α,β-unsaturated/α-hetero) is 1. The van der Waals surface area contributed by atoms with Gasteiger partial charge in [-0.15, -0.1) is 0 Å². The zero-order valence-corrected chi connectivity index (χ0v) is 21.3. The Hall–Kier alpha value is -2.60. The number of methoxy groups -OCH3 is 2. The lowest BCUT2D eigenvalue weighted by Gasteiger charge is -2.24. The van der Waals surface area contributed by atoms with Crippen LogP contribution in [0.1, 0.15) is 68.7 Å². The van der Waals surface area contributed by atoms with Gasteiger partial charge in [0, 0.05) is 22.9 Å². The van der Waals surface area contributed by atoms with Crippen molar-refractivity contribution in [1.29, 1.82) is 0 Å². The normalized spacial score (nSPS) is 13.9.